The van der Waals surface area contributed by atoms with Crippen LogP contribution in [0.4, 0.5) is 0 Å². The standard InChI is InChI=1S/C18H22N2O3S2/c1-3-13(21)14-16(23)20-11(2)18(25-17(14)20)24-10-9-19-15(22)12-7-5-4-6-8-12/h4-8,13-14,17,21H,3,9-10H2,1-2H3,(H,19,22)/t13-,14+,17+/m0/s1. The number of carbonyl (C=O) groups excluding carboxylic acids is 2. The Hall–Kier alpha value is -1.44. The summed E-state index contributed by atoms with van der Waals surface area (Å²) in [5.41, 5.74) is 1.63. The number of nitrogens with zero attached hydrogens (tertiary/aromatic N) is 1. The number of β-lactam (4-membered cyclic amide) rings is 1. The summed E-state index contributed by atoms with van der Waals surface area (Å²) >= 11 is 3.31. The number of carbonyl (C=O) groups is 2. The van der Waals surface area contributed by atoms with Gasteiger partial charge in [-0.3, -0.25) is 9.59 Å². The van der Waals surface area contributed by atoms with E-state index in [4.69, 9.17) is 0 Å². The van der Waals surface area contributed by atoms with Gasteiger partial charge in [0, 0.05) is 23.6 Å². The number of allylic oxidation sites excluding steroid dienone is 1. The number of rotatable bonds is 7. The minimum Gasteiger partial charge on any atom is -0.392 e. The molecule has 0 bridgehead atoms. The summed E-state index contributed by atoms with van der Waals surface area (Å²) in [7, 11) is 0. The van der Waals surface area contributed by atoms with Crippen molar-refractivity contribution in [1.29, 1.82) is 0 Å². The summed E-state index contributed by atoms with van der Waals surface area (Å²) in [6.45, 7) is 4.41. The Kier molecular flexibility index (Phi) is 5.76. The summed E-state index contributed by atoms with van der Waals surface area (Å²) in [6, 6.07) is 9.15. The van der Waals surface area contributed by atoms with Crippen LogP contribution in [0.5, 0.6) is 0 Å². The molecule has 5 nitrogen and oxygen atoms in total. The van der Waals surface area contributed by atoms with Crippen molar-refractivity contribution in [2.45, 2.75) is 31.7 Å². The summed E-state index contributed by atoms with van der Waals surface area (Å²) in [6.07, 6.45) is 0.0255. The Morgan fingerprint density at radius 3 is 2.80 bits per heavy atom. The smallest absolute Gasteiger partial charge is 0.251 e. The van der Waals surface area contributed by atoms with Crippen molar-refractivity contribution in [2.75, 3.05) is 12.3 Å². The van der Waals surface area contributed by atoms with Crippen molar-refractivity contribution in [1.82, 2.24) is 10.2 Å². The second-order valence-electron chi connectivity index (χ2n) is 6.06. The maximum atomic E-state index is 12.2. The fourth-order valence-electron chi connectivity index (χ4n) is 3.01. The van der Waals surface area contributed by atoms with Crippen molar-refractivity contribution >= 4 is 35.3 Å². The maximum Gasteiger partial charge on any atom is 0.251 e. The van der Waals surface area contributed by atoms with E-state index in [1.54, 1.807) is 40.6 Å². The van der Waals surface area contributed by atoms with Gasteiger partial charge in [0.15, 0.2) is 0 Å². The van der Waals surface area contributed by atoms with Crippen LogP contribution in [0, 0.1) is 5.92 Å². The van der Waals surface area contributed by atoms with Gasteiger partial charge in [-0.25, -0.2) is 0 Å². The number of aliphatic hydroxyl groups excluding tert-OH is 1. The van der Waals surface area contributed by atoms with Crippen LogP contribution >= 0.6 is 23.5 Å². The topological polar surface area (TPSA) is 69.6 Å². The van der Waals surface area contributed by atoms with Gasteiger partial charge >= 0.3 is 0 Å². The number of aliphatic hydroxyl groups is 1. The molecule has 1 saturated heterocycles. The van der Waals surface area contributed by atoms with Gasteiger partial charge in [0.25, 0.3) is 5.91 Å². The van der Waals surface area contributed by atoms with E-state index in [1.165, 1.54) is 0 Å². The third kappa shape index (κ3) is 3.59. The molecule has 1 aromatic rings. The molecule has 0 saturated carbocycles. The number of amides is 2. The van der Waals surface area contributed by atoms with Gasteiger partial charge in [-0.2, -0.15) is 0 Å². The normalized spacial score (nSPS) is 23.3. The first kappa shape index (κ1) is 18.4. The van der Waals surface area contributed by atoms with E-state index in [1.807, 2.05) is 32.0 Å². The molecule has 0 unspecified atom stereocenters. The lowest BCUT2D eigenvalue weighted by Crippen LogP contribution is -2.60. The third-order valence-electron chi connectivity index (χ3n) is 4.46. The molecule has 134 valence electrons. The highest BCUT2D eigenvalue weighted by molar-refractivity contribution is 8.22. The lowest BCUT2D eigenvalue weighted by Gasteiger charge is -2.44. The first-order chi connectivity index (χ1) is 12.0. The van der Waals surface area contributed by atoms with Crippen molar-refractivity contribution in [2.24, 2.45) is 5.92 Å². The molecule has 1 aromatic carbocycles. The van der Waals surface area contributed by atoms with E-state index in [0.717, 1.165) is 15.7 Å². The number of fused-ring (bicyclic) bond motifs is 1. The Bertz CT molecular complexity index is 693. The molecule has 2 amide bonds. The van der Waals surface area contributed by atoms with Crippen molar-refractivity contribution in [3.63, 3.8) is 0 Å². The van der Waals surface area contributed by atoms with Gasteiger partial charge in [-0.05, 0) is 25.5 Å². The zero-order valence-electron chi connectivity index (χ0n) is 14.3. The van der Waals surface area contributed by atoms with Gasteiger partial charge < -0.3 is 15.3 Å². The molecule has 0 spiro atoms. The quantitative estimate of drug-likeness (QED) is 0.564. The number of hydrogen-bond acceptors (Lipinski definition) is 5. The second-order valence-corrected chi connectivity index (χ2v) is 8.55. The van der Waals surface area contributed by atoms with E-state index < -0.39 is 6.10 Å². The predicted octanol–water partition coefficient (Wildman–Crippen LogP) is 2.64. The number of benzene rings is 1. The molecule has 1 fully saturated rings. The molecule has 3 atom stereocenters. The van der Waals surface area contributed by atoms with E-state index >= 15 is 0 Å². The fraction of sp³-hybridized carbons (Fsp3) is 0.444. The zero-order chi connectivity index (χ0) is 18.0. The monoisotopic (exact) mass is 378 g/mol. The lowest BCUT2D eigenvalue weighted by molar-refractivity contribution is -0.153. The van der Waals surface area contributed by atoms with Crippen molar-refractivity contribution in [3.8, 4) is 0 Å². The Labute approximate surface area is 156 Å². The fourth-order valence-corrected chi connectivity index (χ4v) is 5.82. The summed E-state index contributed by atoms with van der Waals surface area (Å²) in [4.78, 5) is 26.0. The molecular weight excluding hydrogens is 356 g/mol. The lowest BCUT2D eigenvalue weighted by atomic mass is 9.90. The molecule has 25 heavy (non-hydrogen) atoms. The van der Waals surface area contributed by atoms with Crippen LogP contribution in [0.25, 0.3) is 0 Å². The molecule has 2 heterocycles. The van der Waals surface area contributed by atoms with Crippen LogP contribution in [0.3, 0.4) is 0 Å². The van der Waals surface area contributed by atoms with Gasteiger partial charge in [-0.1, -0.05) is 36.9 Å². The van der Waals surface area contributed by atoms with Gasteiger partial charge in [-0.15, -0.1) is 11.8 Å². The maximum absolute atomic E-state index is 12.2. The molecule has 2 aliphatic heterocycles. The zero-order valence-corrected chi connectivity index (χ0v) is 15.9. The minimum atomic E-state index is -0.566. The molecule has 2 N–H and O–H groups in total. The Morgan fingerprint density at radius 1 is 1.40 bits per heavy atom. The minimum absolute atomic E-state index is 0.0253. The molecule has 0 aromatic heterocycles. The van der Waals surface area contributed by atoms with E-state index in [0.29, 0.717) is 18.5 Å². The van der Waals surface area contributed by atoms with Crippen molar-refractivity contribution < 1.29 is 14.7 Å². The van der Waals surface area contributed by atoms with Crippen LogP contribution in [-0.2, 0) is 4.79 Å². The molecular formula is C18H22N2O3S2. The van der Waals surface area contributed by atoms with Crippen LogP contribution in [-0.4, -0.2) is 45.6 Å². The average molecular weight is 379 g/mol. The molecule has 7 heteroatoms. The average Bonchev–Trinajstić information content (AvgIpc) is 2.90. The van der Waals surface area contributed by atoms with Gasteiger partial charge in [0.05, 0.1) is 16.3 Å². The highest BCUT2D eigenvalue weighted by atomic mass is 32.2. The van der Waals surface area contributed by atoms with Crippen LogP contribution in [0.2, 0.25) is 0 Å². The van der Waals surface area contributed by atoms with Crippen molar-refractivity contribution in [3.05, 3.63) is 45.8 Å². The van der Waals surface area contributed by atoms with E-state index in [2.05, 4.69) is 5.32 Å². The number of nitrogens with one attached hydrogen (secondary N) is 1. The van der Waals surface area contributed by atoms with Gasteiger partial charge in [0.1, 0.15) is 5.37 Å². The largest absolute Gasteiger partial charge is 0.392 e. The molecule has 3 rings (SSSR count). The molecule has 0 radical (unpaired) electrons. The summed E-state index contributed by atoms with van der Waals surface area (Å²) < 4.78 is 1.11. The van der Waals surface area contributed by atoms with Crippen LogP contribution < -0.4 is 5.32 Å². The Morgan fingerprint density at radius 2 is 2.12 bits per heavy atom. The predicted molar refractivity (Wildman–Crippen MR) is 102 cm³/mol. The Balaban J connectivity index is 1.47. The third-order valence-corrected chi connectivity index (χ3v) is 7.32. The highest BCUT2D eigenvalue weighted by Crippen LogP contribution is 2.53. The van der Waals surface area contributed by atoms with E-state index in [-0.39, 0.29) is 23.1 Å². The molecule has 2 aliphatic rings. The summed E-state index contributed by atoms with van der Waals surface area (Å²) in [5.74, 6) is 0.405. The van der Waals surface area contributed by atoms with Crippen LogP contribution in [0.15, 0.2) is 40.3 Å². The van der Waals surface area contributed by atoms with Crippen LogP contribution in [0.1, 0.15) is 30.6 Å². The number of thioether (sulfide) groups is 2. The van der Waals surface area contributed by atoms with E-state index in [9.17, 15) is 14.7 Å². The van der Waals surface area contributed by atoms with Gasteiger partial charge in [0.2, 0.25) is 5.91 Å². The summed E-state index contributed by atoms with van der Waals surface area (Å²) in [5, 5.41) is 13.0. The molecule has 0 aliphatic carbocycles. The SMILES string of the molecule is CC[C@H](O)[C@@H]1C(=O)N2C(C)=C(SCCNC(=O)c3ccccc3)S[C@H]12. The highest BCUT2D eigenvalue weighted by Gasteiger charge is 2.55. The first-order valence-electron chi connectivity index (χ1n) is 8.39. The number of hydrogen-bond donors (Lipinski definition) is 2. The second kappa shape index (κ2) is 7.85. The first-order valence-corrected chi connectivity index (χ1v) is 10.3.